The van der Waals surface area contributed by atoms with Crippen molar-refractivity contribution in [2.24, 2.45) is 5.10 Å². The van der Waals surface area contributed by atoms with Gasteiger partial charge in [0.2, 0.25) is 0 Å². The SMILES string of the molecule is CCOc1cc(/C=N\NS(=O)(=O)c2ccc(Cl)cc2)ccc1O. The molecule has 0 aliphatic carbocycles. The Kier molecular flexibility index (Phi) is 5.46. The Balaban J connectivity index is 2.12. The van der Waals surface area contributed by atoms with Gasteiger partial charge in [0, 0.05) is 5.02 Å². The Labute approximate surface area is 139 Å². The Morgan fingerprint density at radius 1 is 1.26 bits per heavy atom. The van der Waals surface area contributed by atoms with Gasteiger partial charge in [-0.05, 0) is 55.0 Å². The minimum atomic E-state index is -3.76. The molecule has 0 unspecified atom stereocenters. The summed E-state index contributed by atoms with van der Waals surface area (Å²) in [6.45, 7) is 2.19. The second-order valence-electron chi connectivity index (χ2n) is 4.47. The van der Waals surface area contributed by atoms with Crippen LogP contribution in [0.1, 0.15) is 12.5 Å². The van der Waals surface area contributed by atoms with E-state index in [4.69, 9.17) is 16.3 Å². The van der Waals surface area contributed by atoms with E-state index in [9.17, 15) is 13.5 Å². The summed E-state index contributed by atoms with van der Waals surface area (Å²) in [5.74, 6) is 0.308. The monoisotopic (exact) mass is 354 g/mol. The zero-order valence-electron chi connectivity index (χ0n) is 12.2. The molecule has 0 amide bonds. The highest BCUT2D eigenvalue weighted by Gasteiger charge is 2.12. The van der Waals surface area contributed by atoms with Crippen molar-refractivity contribution in [3.63, 3.8) is 0 Å². The van der Waals surface area contributed by atoms with Crippen LogP contribution in [0.4, 0.5) is 0 Å². The predicted molar refractivity (Wildman–Crippen MR) is 88.6 cm³/mol. The predicted octanol–water partition coefficient (Wildman–Crippen LogP) is 2.76. The number of aromatic hydroxyl groups is 1. The van der Waals surface area contributed by atoms with Crippen LogP contribution in [0.5, 0.6) is 11.5 Å². The molecule has 2 rings (SSSR count). The molecule has 0 spiro atoms. The third-order valence-corrected chi connectivity index (χ3v) is 4.28. The lowest BCUT2D eigenvalue weighted by Gasteiger charge is -2.06. The van der Waals surface area contributed by atoms with Gasteiger partial charge in [-0.25, -0.2) is 4.83 Å². The third kappa shape index (κ3) is 4.61. The maximum atomic E-state index is 12.0. The molecule has 2 N–H and O–H groups in total. The molecule has 0 radical (unpaired) electrons. The highest BCUT2D eigenvalue weighted by atomic mass is 35.5. The van der Waals surface area contributed by atoms with E-state index in [1.807, 2.05) is 0 Å². The fraction of sp³-hybridized carbons (Fsp3) is 0.133. The number of halogens is 1. The molecule has 2 aromatic carbocycles. The molecule has 0 aliphatic rings. The zero-order valence-corrected chi connectivity index (χ0v) is 13.8. The largest absolute Gasteiger partial charge is 0.504 e. The zero-order chi connectivity index (χ0) is 16.9. The van der Waals surface area contributed by atoms with Gasteiger partial charge in [0.25, 0.3) is 10.0 Å². The molecule has 0 aliphatic heterocycles. The summed E-state index contributed by atoms with van der Waals surface area (Å²) in [7, 11) is -3.76. The van der Waals surface area contributed by atoms with Crippen molar-refractivity contribution in [2.45, 2.75) is 11.8 Å². The molecule has 23 heavy (non-hydrogen) atoms. The number of nitrogens with zero attached hydrogens (tertiary/aromatic N) is 1. The second-order valence-corrected chi connectivity index (χ2v) is 6.56. The van der Waals surface area contributed by atoms with Gasteiger partial charge in [0.05, 0.1) is 17.7 Å². The first kappa shape index (κ1) is 17.1. The number of ether oxygens (including phenoxy) is 1. The van der Waals surface area contributed by atoms with Crippen LogP contribution in [0.15, 0.2) is 52.5 Å². The molecule has 0 bridgehead atoms. The minimum absolute atomic E-state index is 0.00532. The first-order valence-electron chi connectivity index (χ1n) is 6.68. The first-order chi connectivity index (χ1) is 10.9. The van der Waals surface area contributed by atoms with Crippen LogP contribution in [0.3, 0.4) is 0 Å². The van der Waals surface area contributed by atoms with E-state index in [0.29, 0.717) is 22.9 Å². The maximum Gasteiger partial charge on any atom is 0.276 e. The molecule has 6 nitrogen and oxygen atoms in total. The van der Waals surface area contributed by atoms with E-state index < -0.39 is 10.0 Å². The molecule has 0 aromatic heterocycles. The third-order valence-electron chi connectivity index (χ3n) is 2.79. The molecule has 2 aromatic rings. The topological polar surface area (TPSA) is 88.0 Å². The maximum absolute atomic E-state index is 12.0. The highest BCUT2D eigenvalue weighted by Crippen LogP contribution is 2.26. The van der Waals surface area contributed by atoms with Crippen molar-refractivity contribution in [2.75, 3.05) is 6.61 Å². The first-order valence-corrected chi connectivity index (χ1v) is 8.55. The van der Waals surface area contributed by atoms with Crippen LogP contribution >= 0.6 is 11.6 Å². The normalized spacial score (nSPS) is 11.6. The van der Waals surface area contributed by atoms with E-state index >= 15 is 0 Å². The van der Waals surface area contributed by atoms with Crippen LogP contribution in [0.2, 0.25) is 5.02 Å². The van der Waals surface area contributed by atoms with Gasteiger partial charge < -0.3 is 9.84 Å². The number of hydrazone groups is 1. The number of benzene rings is 2. The van der Waals surface area contributed by atoms with Crippen LogP contribution in [0.25, 0.3) is 0 Å². The van der Waals surface area contributed by atoms with Gasteiger partial charge in [-0.1, -0.05) is 11.6 Å². The highest BCUT2D eigenvalue weighted by molar-refractivity contribution is 7.89. The van der Waals surface area contributed by atoms with Crippen LogP contribution in [-0.2, 0) is 10.0 Å². The van der Waals surface area contributed by atoms with Crippen LogP contribution in [0, 0.1) is 0 Å². The molecule has 0 fully saturated rings. The molecule has 0 saturated carbocycles. The Morgan fingerprint density at radius 3 is 2.61 bits per heavy atom. The van der Waals surface area contributed by atoms with Crippen molar-refractivity contribution in [1.82, 2.24) is 4.83 Å². The van der Waals surface area contributed by atoms with E-state index in [2.05, 4.69) is 9.93 Å². The summed E-state index contributed by atoms with van der Waals surface area (Å²) in [6.07, 6.45) is 1.31. The number of phenolic OH excluding ortho intramolecular Hbond substituents is 1. The van der Waals surface area contributed by atoms with Crippen LogP contribution in [-0.4, -0.2) is 26.3 Å². The number of nitrogens with one attached hydrogen (secondary N) is 1. The minimum Gasteiger partial charge on any atom is -0.504 e. The van der Waals surface area contributed by atoms with Crippen molar-refractivity contribution in [1.29, 1.82) is 0 Å². The van der Waals surface area contributed by atoms with E-state index in [1.54, 1.807) is 19.1 Å². The lowest BCUT2D eigenvalue weighted by atomic mass is 10.2. The molecular weight excluding hydrogens is 340 g/mol. The van der Waals surface area contributed by atoms with E-state index in [0.717, 1.165) is 0 Å². The number of hydrogen-bond acceptors (Lipinski definition) is 5. The number of rotatable bonds is 6. The quantitative estimate of drug-likeness (QED) is 0.616. The Bertz CT molecular complexity index is 805. The van der Waals surface area contributed by atoms with Gasteiger partial charge in [-0.2, -0.15) is 13.5 Å². The second kappa shape index (κ2) is 7.34. The summed E-state index contributed by atoms with van der Waals surface area (Å²) in [4.78, 5) is 2.16. The van der Waals surface area contributed by atoms with Crippen molar-refractivity contribution < 1.29 is 18.3 Å². The van der Waals surface area contributed by atoms with Gasteiger partial charge in [0.15, 0.2) is 11.5 Å². The summed E-state index contributed by atoms with van der Waals surface area (Å²) in [6, 6.07) is 10.3. The van der Waals surface area contributed by atoms with E-state index in [-0.39, 0.29) is 10.6 Å². The molecule has 0 heterocycles. The smallest absolute Gasteiger partial charge is 0.276 e. The van der Waals surface area contributed by atoms with Crippen molar-refractivity contribution in [3.8, 4) is 11.5 Å². The summed E-state index contributed by atoms with van der Waals surface area (Å²) >= 11 is 5.72. The average molecular weight is 355 g/mol. The van der Waals surface area contributed by atoms with Gasteiger partial charge >= 0.3 is 0 Å². The van der Waals surface area contributed by atoms with Crippen molar-refractivity contribution in [3.05, 3.63) is 53.1 Å². The average Bonchev–Trinajstić information content (AvgIpc) is 2.51. The molecule has 0 saturated heterocycles. The molecule has 8 heteroatoms. The fourth-order valence-electron chi connectivity index (χ4n) is 1.72. The van der Waals surface area contributed by atoms with Crippen molar-refractivity contribution >= 4 is 27.8 Å². The Hall–Kier alpha value is -2.25. The Morgan fingerprint density at radius 2 is 1.96 bits per heavy atom. The number of sulfonamides is 1. The van der Waals surface area contributed by atoms with Gasteiger partial charge in [-0.15, -0.1) is 0 Å². The number of phenols is 1. The molecular formula is C15H15ClN2O4S. The standard InChI is InChI=1S/C15H15ClN2O4S/c1-2-22-15-9-11(3-8-14(15)19)10-17-18-23(20,21)13-6-4-12(16)5-7-13/h3-10,18-19H,2H2,1H3/b17-10-. The van der Waals surface area contributed by atoms with Crippen LogP contribution < -0.4 is 9.57 Å². The lowest BCUT2D eigenvalue weighted by Crippen LogP contribution is -2.18. The van der Waals surface area contributed by atoms with Gasteiger partial charge in [-0.3, -0.25) is 0 Å². The van der Waals surface area contributed by atoms with E-state index in [1.165, 1.54) is 36.5 Å². The fourth-order valence-corrected chi connectivity index (χ4v) is 2.64. The summed E-state index contributed by atoms with van der Waals surface area (Å²) in [5, 5.41) is 13.8. The molecule has 0 atom stereocenters. The van der Waals surface area contributed by atoms with Gasteiger partial charge in [0.1, 0.15) is 0 Å². The number of hydrogen-bond donors (Lipinski definition) is 2. The summed E-state index contributed by atoms with van der Waals surface area (Å²) < 4.78 is 29.3. The molecule has 122 valence electrons. The summed E-state index contributed by atoms with van der Waals surface area (Å²) in [5.41, 5.74) is 0.574. The lowest BCUT2D eigenvalue weighted by molar-refractivity contribution is 0.318.